The van der Waals surface area contributed by atoms with E-state index in [1.807, 2.05) is 18.2 Å². The number of para-hydroxylation sites is 1. The van der Waals surface area contributed by atoms with Crippen LogP contribution in [0.5, 0.6) is 0 Å². The first kappa shape index (κ1) is 12.6. The number of pyridine rings is 1. The van der Waals surface area contributed by atoms with Gasteiger partial charge >= 0.3 is 0 Å². The number of primary amides is 1. The standard InChI is InChI=1S/C17H16N2O/c1-10(2)11-6-7-15-13(8-11)9-12-4-3-5-14(17(18)20)16(12)19-15/h3-10H,1-2H3,(H2,18,20). The Kier molecular flexibility index (Phi) is 2.90. The number of hydrogen-bond acceptors (Lipinski definition) is 2. The van der Waals surface area contributed by atoms with Gasteiger partial charge in [-0.1, -0.05) is 32.0 Å². The van der Waals surface area contributed by atoms with Crippen LogP contribution in [0.4, 0.5) is 0 Å². The van der Waals surface area contributed by atoms with Crippen LogP contribution in [0.3, 0.4) is 0 Å². The Morgan fingerprint density at radius 2 is 1.90 bits per heavy atom. The maximum atomic E-state index is 11.5. The lowest BCUT2D eigenvalue weighted by Gasteiger charge is -2.08. The Bertz CT molecular complexity index is 822. The highest BCUT2D eigenvalue weighted by atomic mass is 16.1. The minimum atomic E-state index is -0.443. The predicted molar refractivity (Wildman–Crippen MR) is 81.9 cm³/mol. The minimum absolute atomic E-state index is 0.443. The Balaban J connectivity index is 2.34. The van der Waals surface area contributed by atoms with Crippen molar-refractivity contribution >= 4 is 27.7 Å². The molecule has 3 rings (SSSR count). The highest BCUT2D eigenvalue weighted by Crippen LogP contribution is 2.25. The van der Waals surface area contributed by atoms with Crippen molar-refractivity contribution in [1.82, 2.24) is 4.98 Å². The Morgan fingerprint density at radius 3 is 2.60 bits per heavy atom. The number of hydrogen-bond donors (Lipinski definition) is 1. The molecular formula is C17H16N2O. The average Bonchev–Trinajstić information content (AvgIpc) is 2.43. The summed E-state index contributed by atoms with van der Waals surface area (Å²) in [6.45, 7) is 4.33. The van der Waals surface area contributed by atoms with Crippen molar-refractivity contribution in [2.45, 2.75) is 19.8 Å². The van der Waals surface area contributed by atoms with Crippen LogP contribution in [0.25, 0.3) is 21.8 Å². The minimum Gasteiger partial charge on any atom is -0.366 e. The van der Waals surface area contributed by atoms with E-state index in [0.717, 1.165) is 16.3 Å². The van der Waals surface area contributed by atoms with Crippen molar-refractivity contribution in [3.05, 3.63) is 53.6 Å². The molecule has 3 heteroatoms. The van der Waals surface area contributed by atoms with Gasteiger partial charge in [-0.05, 0) is 35.7 Å². The van der Waals surface area contributed by atoms with Gasteiger partial charge in [0.25, 0.3) is 5.91 Å². The molecule has 0 saturated heterocycles. The molecule has 0 fully saturated rings. The van der Waals surface area contributed by atoms with Gasteiger partial charge in [-0.15, -0.1) is 0 Å². The first-order valence-corrected chi connectivity index (χ1v) is 6.69. The van der Waals surface area contributed by atoms with E-state index in [1.54, 1.807) is 6.07 Å². The molecule has 2 N–H and O–H groups in total. The summed E-state index contributed by atoms with van der Waals surface area (Å²) in [5.74, 6) is 0.0355. The quantitative estimate of drug-likeness (QED) is 0.719. The van der Waals surface area contributed by atoms with Crippen molar-refractivity contribution in [2.24, 2.45) is 5.73 Å². The molecule has 3 aromatic rings. The van der Waals surface area contributed by atoms with Gasteiger partial charge in [0.05, 0.1) is 16.6 Å². The van der Waals surface area contributed by atoms with Gasteiger partial charge in [-0.3, -0.25) is 4.79 Å². The smallest absolute Gasteiger partial charge is 0.250 e. The lowest BCUT2D eigenvalue weighted by atomic mass is 10.00. The number of aromatic nitrogens is 1. The molecule has 0 aliphatic rings. The third-order valence-electron chi connectivity index (χ3n) is 3.59. The number of benzene rings is 2. The van der Waals surface area contributed by atoms with Gasteiger partial charge < -0.3 is 5.73 Å². The molecule has 1 aromatic heterocycles. The number of nitrogens with zero attached hydrogens (tertiary/aromatic N) is 1. The summed E-state index contributed by atoms with van der Waals surface area (Å²) >= 11 is 0. The van der Waals surface area contributed by atoms with Crippen molar-refractivity contribution in [3.63, 3.8) is 0 Å². The molecule has 1 amide bonds. The molecule has 0 radical (unpaired) electrons. The van der Waals surface area contributed by atoms with Gasteiger partial charge in [-0.25, -0.2) is 4.98 Å². The van der Waals surface area contributed by atoms with Gasteiger partial charge in [0.15, 0.2) is 0 Å². The summed E-state index contributed by atoms with van der Waals surface area (Å²) in [4.78, 5) is 16.1. The fourth-order valence-corrected chi connectivity index (χ4v) is 2.44. The summed E-state index contributed by atoms with van der Waals surface area (Å²) in [6.07, 6.45) is 0. The topological polar surface area (TPSA) is 56.0 Å². The zero-order chi connectivity index (χ0) is 14.3. The fraction of sp³-hybridized carbons (Fsp3) is 0.176. The van der Waals surface area contributed by atoms with Crippen molar-refractivity contribution in [3.8, 4) is 0 Å². The molecule has 100 valence electrons. The first-order chi connectivity index (χ1) is 9.56. The van der Waals surface area contributed by atoms with Crippen molar-refractivity contribution < 1.29 is 4.79 Å². The van der Waals surface area contributed by atoms with Crippen LogP contribution in [0.1, 0.15) is 35.7 Å². The molecule has 1 heterocycles. The summed E-state index contributed by atoms with van der Waals surface area (Å²) in [6, 6.07) is 13.8. The predicted octanol–water partition coefficient (Wildman–Crippen LogP) is 3.61. The van der Waals surface area contributed by atoms with E-state index in [1.165, 1.54) is 5.56 Å². The molecule has 0 spiro atoms. The lowest BCUT2D eigenvalue weighted by Crippen LogP contribution is -2.11. The number of carbonyl (C=O) groups excluding carboxylic acids is 1. The Hall–Kier alpha value is -2.42. The second-order valence-electron chi connectivity index (χ2n) is 5.34. The van der Waals surface area contributed by atoms with E-state index in [-0.39, 0.29) is 0 Å². The molecule has 2 aromatic carbocycles. The molecule has 3 nitrogen and oxygen atoms in total. The zero-order valence-corrected chi connectivity index (χ0v) is 11.6. The second-order valence-corrected chi connectivity index (χ2v) is 5.34. The number of rotatable bonds is 2. The summed E-state index contributed by atoms with van der Waals surface area (Å²) in [5.41, 5.74) is 8.72. The molecule has 0 unspecified atom stereocenters. The van der Waals surface area contributed by atoms with Crippen LogP contribution in [-0.2, 0) is 0 Å². The van der Waals surface area contributed by atoms with Crippen LogP contribution >= 0.6 is 0 Å². The SMILES string of the molecule is CC(C)c1ccc2nc3c(C(N)=O)cccc3cc2c1. The van der Waals surface area contributed by atoms with Crippen LogP contribution in [0.15, 0.2) is 42.5 Å². The number of carbonyl (C=O) groups is 1. The monoisotopic (exact) mass is 264 g/mol. The molecule has 0 atom stereocenters. The highest BCUT2D eigenvalue weighted by Gasteiger charge is 2.09. The number of nitrogens with two attached hydrogens (primary N) is 1. The Labute approximate surface area is 117 Å². The van der Waals surface area contributed by atoms with Crippen molar-refractivity contribution in [1.29, 1.82) is 0 Å². The van der Waals surface area contributed by atoms with Gasteiger partial charge in [0.2, 0.25) is 0 Å². The van der Waals surface area contributed by atoms with Gasteiger partial charge in [0.1, 0.15) is 0 Å². The molecular weight excluding hydrogens is 248 g/mol. The third-order valence-corrected chi connectivity index (χ3v) is 3.59. The van der Waals surface area contributed by atoms with E-state index in [2.05, 4.69) is 37.0 Å². The molecule has 0 aliphatic carbocycles. The van der Waals surface area contributed by atoms with E-state index >= 15 is 0 Å². The van der Waals surface area contributed by atoms with E-state index in [9.17, 15) is 4.79 Å². The average molecular weight is 264 g/mol. The number of amides is 1. The Morgan fingerprint density at radius 1 is 1.10 bits per heavy atom. The maximum Gasteiger partial charge on any atom is 0.250 e. The zero-order valence-electron chi connectivity index (χ0n) is 11.6. The first-order valence-electron chi connectivity index (χ1n) is 6.69. The largest absolute Gasteiger partial charge is 0.366 e. The molecule has 0 bridgehead atoms. The van der Waals surface area contributed by atoms with E-state index < -0.39 is 5.91 Å². The van der Waals surface area contributed by atoms with Gasteiger partial charge in [0, 0.05) is 10.8 Å². The molecule has 0 saturated carbocycles. The second kappa shape index (κ2) is 4.60. The van der Waals surface area contributed by atoms with E-state index in [4.69, 9.17) is 5.73 Å². The van der Waals surface area contributed by atoms with Crippen LogP contribution in [-0.4, -0.2) is 10.9 Å². The molecule has 0 aliphatic heterocycles. The molecule has 20 heavy (non-hydrogen) atoms. The summed E-state index contributed by atoms with van der Waals surface area (Å²) < 4.78 is 0. The fourth-order valence-electron chi connectivity index (χ4n) is 2.44. The van der Waals surface area contributed by atoms with Crippen LogP contribution in [0.2, 0.25) is 0 Å². The highest BCUT2D eigenvalue weighted by molar-refractivity contribution is 6.07. The van der Waals surface area contributed by atoms with Crippen molar-refractivity contribution in [2.75, 3.05) is 0 Å². The van der Waals surface area contributed by atoms with Crippen LogP contribution < -0.4 is 5.73 Å². The van der Waals surface area contributed by atoms with Crippen LogP contribution in [0, 0.1) is 0 Å². The summed E-state index contributed by atoms with van der Waals surface area (Å²) in [5, 5.41) is 2.03. The normalized spacial score (nSPS) is 11.3. The van der Waals surface area contributed by atoms with Gasteiger partial charge in [-0.2, -0.15) is 0 Å². The van der Waals surface area contributed by atoms with E-state index in [0.29, 0.717) is 17.0 Å². The maximum absolute atomic E-state index is 11.5. The summed E-state index contributed by atoms with van der Waals surface area (Å²) in [7, 11) is 0. The third kappa shape index (κ3) is 2.01. The number of fused-ring (bicyclic) bond motifs is 2. The lowest BCUT2D eigenvalue weighted by molar-refractivity contribution is 0.100.